The number of aliphatic hydroxyl groups excluding tert-OH is 1. The van der Waals surface area contributed by atoms with Gasteiger partial charge in [-0.1, -0.05) is 37.1 Å². The van der Waals surface area contributed by atoms with Gasteiger partial charge in [0.05, 0.1) is 6.61 Å². The lowest BCUT2D eigenvalue weighted by atomic mass is 9.57. The van der Waals surface area contributed by atoms with Gasteiger partial charge in [-0.3, -0.25) is 0 Å². The summed E-state index contributed by atoms with van der Waals surface area (Å²) < 4.78 is 0. The lowest BCUT2D eigenvalue weighted by Crippen LogP contribution is -2.44. The van der Waals surface area contributed by atoms with E-state index in [4.69, 9.17) is 0 Å². The molecule has 3 rings (SSSR count). The number of aryl methyl sites for hydroxylation is 1. The fourth-order valence-corrected chi connectivity index (χ4v) is 3.93. The molecule has 2 aliphatic carbocycles. The van der Waals surface area contributed by atoms with Gasteiger partial charge >= 0.3 is 0 Å². The Kier molecular flexibility index (Phi) is 2.51. The molecule has 0 heterocycles. The summed E-state index contributed by atoms with van der Waals surface area (Å²) >= 11 is 0. The molecule has 0 unspecified atom stereocenters. The second kappa shape index (κ2) is 3.89. The molecule has 1 aromatic rings. The van der Waals surface area contributed by atoms with Gasteiger partial charge in [0.1, 0.15) is 0 Å². The van der Waals surface area contributed by atoms with Crippen LogP contribution in [0.25, 0.3) is 0 Å². The van der Waals surface area contributed by atoms with E-state index in [9.17, 15) is 5.11 Å². The third kappa shape index (κ3) is 1.34. The molecule has 0 saturated heterocycles. The number of fused-ring (bicyclic) bond motifs is 3. The highest BCUT2D eigenvalue weighted by molar-refractivity contribution is 5.38. The van der Waals surface area contributed by atoms with Crippen LogP contribution in [0, 0.1) is 5.92 Å². The van der Waals surface area contributed by atoms with Crippen molar-refractivity contribution in [2.45, 2.75) is 43.9 Å². The van der Waals surface area contributed by atoms with Gasteiger partial charge in [0.25, 0.3) is 0 Å². The summed E-state index contributed by atoms with van der Waals surface area (Å²) in [5.41, 5.74) is 3.04. The zero-order valence-corrected chi connectivity index (χ0v) is 9.78. The Hall–Kier alpha value is -0.820. The summed E-state index contributed by atoms with van der Waals surface area (Å²) in [6, 6.07) is 8.76. The lowest BCUT2D eigenvalue weighted by molar-refractivity contribution is 0.0804. The average Bonchev–Trinajstić information content (AvgIpc) is 2.38. The van der Waals surface area contributed by atoms with E-state index in [0.717, 1.165) is 5.92 Å². The van der Waals surface area contributed by atoms with Gasteiger partial charge < -0.3 is 5.11 Å². The Morgan fingerprint density at radius 3 is 2.94 bits per heavy atom. The Labute approximate surface area is 97.5 Å². The SMILES string of the molecule is OC[C@]12CCCC[C@H]1CCc1ccccc12. The van der Waals surface area contributed by atoms with Crippen LogP contribution in [0.5, 0.6) is 0 Å². The minimum absolute atomic E-state index is 0.104. The largest absolute Gasteiger partial charge is 0.395 e. The van der Waals surface area contributed by atoms with Gasteiger partial charge in [-0.2, -0.15) is 0 Å². The van der Waals surface area contributed by atoms with Crippen molar-refractivity contribution in [2.24, 2.45) is 5.92 Å². The van der Waals surface area contributed by atoms with Gasteiger partial charge in [0.2, 0.25) is 0 Å². The fraction of sp³-hybridized carbons (Fsp3) is 0.600. The molecule has 16 heavy (non-hydrogen) atoms. The maximum Gasteiger partial charge on any atom is 0.0530 e. The molecule has 1 fully saturated rings. The van der Waals surface area contributed by atoms with Crippen LogP contribution in [0.3, 0.4) is 0 Å². The molecule has 1 heteroatoms. The molecule has 0 aromatic heterocycles. The molecule has 0 bridgehead atoms. The van der Waals surface area contributed by atoms with Crippen LogP contribution in [0.4, 0.5) is 0 Å². The van der Waals surface area contributed by atoms with Gasteiger partial charge in [0.15, 0.2) is 0 Å². The highest BCUT2D eigenvalue weighted by Crippen LogP contribution is 2.49. The summed E-state index contributed by atoms with van der Waals surface area (Å²) in [4.78, 5) is 0. The summed E-state index contributed by atoms with van der Waals surface area (Å²) in [5, 5.41) is 9.92. The number of hydrogen-bond acceptors (Lipinski definition) is 1. The van der Waals surface area contributed by atoms with Crippen LogP contribution in [-0.4, -0.2) is 11.7 Å². The van der Waals surface area contributed by atoms with Crippen molar-refractivity contribution in [3.63, 3.8) is 0 Å². The zero-order valence-electron chi connectivity index (χ0n) is 9.78. The standard InChI is InChI=1S/C15H20O/c16-11-15-10-4-3-6-13(15)9-8-12-5-1-2-7-14(12)15/h1-2,5,7,13,16H,3-4,6,8-11H2/t13-,15+/m0/s1. The molecule has 2 aliphatic rings. The number of aliphatic hydroxyl groups is 1. The van der Waals surface area contributed by atoms with E-state index in [-0.39, 0.29) is 5.41 Å². The summed E-state index contributed by atoms with van der Waals surface area (Å²) in [6.45, 7) is 0.342. The predicted octanol–water partition coefficient (Wildman–Crippen LogP) is 3.05. The molecular weight excluding hydrogens is 196 g/mol. The van der Waals surface area contributed by atoms with E-state index >= 15 is 0 Å². The summed E-state index contributed by atoms with van der Waals surface area (Å²) in [6.07, 6.45) is 7.63. The van der Waals surface area contributed by atoms with E-state index in [1.54, 1.807) is 0 Å². The molecule has 1 nitrogen and oxygen atoms in total. The van der Waals surface area contributed by atoms with Crippen molar-refractivity contribution in [3.05, 3.63) is 35.4 Å². The molecule has 1 saturated carbocycles. The molecular formula is C15H20O. The van der Waals surface area contributed by atoms with E-state index in [1.165, 1.54) is 49.7 Å². The minimum atomic E-state index is 0.104. The van der Waals surface area contributed by atoms with Crippen molar-refractivity contribution in [3.8, 4) is 0 Å². The zero-order chi connectivity index (χ0) is 11.0. The average molecular weight is 216 g/mol. The predicted molar refractivity (Wildman–Crippen MR) is 65.5 cm³/mol. The van der Waals surface area contributed by atoms with Crippen LogP contribution in [0.15, 0.2) is 24.3 Å². The summed E-state index contributed by atoms with van der Waals surface area (Å²) in [5.74, 6) is 0.723. The Morgan fingerprint density at radius 2 is 2.06 bits per heavy atom. The fourth-order valence-electron chi connectivity index (χ4n) is 3.93. The van der Waals surface area contributed by atoms with Crippen LogP contribution < -0.4 is 0 Å². The smallest absolute Gasteiger partial charge is 0.0530 e. The van der Waals surface area contributed by atoms with Crippen molar-refractivity contribution in [2.75, 3.05) is 6.61 Å². The first kappa shape index (κ1) is 10.3. The van der Waals surface area contributed by atoms with Crippen molar-refractivity contribution < 1.29 is 5.11 Å². The molecule has 0 spiro atoms. The van der Waals surface area contributed by atoms with Gasteiger partial charge in [-0.25, -0.2) is 0 Å². The molecule has 1 aromatic carbocycles. The second-order valence-corrected chi connectivity index (χ2v) is 5.45. The Balaban J connectivity index is 2.11. The molecule has 2 atom stereocenters. The third-order valence-corrected chi connectivity index (χ3v) is 4.81. The van der Waals surface area contributed by atoms with Crippen LogP contribution in [0.2, 0.25) is 0 Å². The van der Waals surface area contributed by atoms with Gasteiger partial charge in [-0.05, 0) is 42.7 Å². The first-order valence-electron chi connectivity index (χ1n) is 6.56. The molecule has 86 valence electrons. The Morgan fingerprint density at radius 1 is 1.19 bits per heavy atom. The van der Waals surface area contributed by atoms with Crippen molar-refractivity contribution >= 4 is 0 Å². The third-order valence-electron chi connectivity index (χ3n) is 4.81. The van der Waals surface area contributed by atoms with Crippen LogP contribution in [0.1, 0.15) is 43.2 Å². The lowest BCUT2D eigenvalue weighted by Gasteiger charge is -2.47. The van der Waals surface area contributed by atoms with Crippen molar-refractivity contribution in [1.82, 2.24) is 0 Å². The van der Waals surface area contributed by atoms with Gasteiger partial charge in [-0.15, -0.1) is 0 Å². The number of rotatable bonds is 1. The second-order valence-electron chi connectivity index (χ2n) is 5.45. The minimum Gasteiger partial charge on any atom is -0.395 e. The van der Waals surface area contributed by atoms with Crippen LogP contribution >= 0.6 is 0 Å². The van der Waals surface area contributed by atoms with Crippen molar-refractivity contribution in [1.29, 1.82) is 0 Å². The van der Waals surface area contributed by atoms with Gasteiger partial charge in [0, 0.05) is 5.41 Å². The maximum absolute atomic E-state index is 9.92. The normalized spacial score (nSPS) is 32.9. The molecule has 0 amide bonds. The highest BCUT2D eigenvalue weighted by atomic mass is 16.3. The maximum atomic E-state index is 9.92. The van der Waals surface area contributed by atoms with E-state index < -0.39 is 0 Å². The number of benzene rings is 1. The first-order valence-corrected chi connectivity index (χ1v) is 6.56. The highest BCUT2D eigenvalue weighted by Gasteiger charge is 2.44. The topological polar surface area (TPSA) is 20.2 Å². The first-order chi connectivity index (χ1) is 7.87. The monoisotopic (exact) mass is 216 g/mol. The molecule has 1 N–H and O–H groups in total. The van der Waals surface area contributed by atoms with E-state index in [2.05, 4.69) is 24.3 Å². The Bertz CT molecular complexity index is 385. The number of hydrogen-bond donors (Lipinski definition) is 1. The van der Waals surface area contributed by atoms with E-state index in [1.807, 2.05) is 0 Å². The summed E-state index contributed by atoms with van der Waals surface area (Å²) in [7, 11) is 0. The van der Waals surface area contributed by atoms with E-state index in [0.29, 0.717) is 6.61 Å². The quantitative estimate of drug-likeness (QED) is 0.765. The van der Waals surface area contributed by atoms with Crippen LogP contribution in [-0.2, 0) is 11.8 Å². The molecule has 0 aliphatic heterocycles. The molecule has 0 radical (unpaired) electrons.